The number of halogens is 1. The maximum atomic E-state index is 13.1. The molecule has 1 amide bonds. The normalized spacial score (nSPS) is 20.5. The number of amides is 1. The minimum absolute atomic E-state index is 0.257. The second-order valence-electron chi connectivity index (χ2n) is 7.57. The molecule has 1 aliphatic heterocycles. The lowest BCUT2D eigenvalue weighted by Crippen LogP contribution is -2.57. The van der Waals surface area contributed by atoms with Crippen LogP contribution in [0.4, 0.5) is 4.39 Å². The lowest BCUT2D eigenvalue weighted by Gasteiger charge is -2.40. The van der Waals surface area contributed by atoms with Gasteiger partial charge in [-0.05, 0) is 44.5 Å². The first-order valence-corrected chi connectivity index (χ1v) is 9.21. The highest BCUT2D eigenvalue weighted by molar-refractivity contribution is 5.86. The van der Waals surface area contributed by atoms with Gasteiger partial charge in [-0.1, -0.05) is 12.1 Å². The lowest BCUT2D eigenvalue weighted by molar-refractivity contribution is -0.160. The minimum atomic E-state index is -1.40. The number of hydrogen-bond acceptors (Lipinski definition) is 4. The van der Waals surface area contributed by atoms with E-state index in [-0.39, 0.29) is 18.3 Å². The highest BCUT2D eigenvalue weighted by atomic mass is 19.1. The summed E-state index contributed by atoms with van der Waals surface area (Å²) < 4.78 is 14.9. The molecule has 6 nitrogen and oxygen atoms in total. The highest BCUT2D eigenvalue weighted by Crippen LogP contribution is 2.26. The molecule has 1 unspecified atom stereocenters. The molecule has 1 aromatic heterocycles. The smallest absolute Gasteiger partial charge is 0.256 e. The van der Waals surface area contributed by atoms with Crippen molar-refractivity contribution < 1.29 is 14.3 Å². The van der Waals surface area contributed by atoms with Crippen LogP contribution in [0.3, 0.4) is 0 Å². The summed E-state index contributed by atoms with van der Waals surface area (Å²) in [7, 11) is 3.78. The number of piperidine rings is 1. The number of carbonyl (C=O) groups excluding carboxylic acids is 1. The van der Waals surface area contributed by atoms with Crippen LogP contribution in [-0.2, 0) is 24.9 Å². The lowest BCUT2D eigenvalue weighted by atomic mass is 9.90. The van der Waals surface area contributed by atoms with E-state index in [4.69, 9.17) is 0 Å². The summed E-state index contributed by atoms with van der Waals surface area (Å²) in [5.74, 6) is -0.555. The Morgan fingerprint density at radius 1 is 1.33 bits per heavy atom. The molecule has 0 bridgehead atoms. The number of likely N-dealkylation sites (tertiary alicyclic amines) is 1. The number of rotatable bonds is 6. The summed E-state index contributed by atoms with van der Waals surface area (Å²) in [6.45, 7) is 3.82. The Labute approximate surface area is 159 Å². The molecule has 0 aliphatic carbocycles. The summed E-state index contributed by atoms with van der Waals surface area (Å²) in [4.78, 5) is 16.6. The number of aryl methyl sites for hydroxylation is 2. The zero-order chi connectivity index (χ0) is 19.6. The van der Waals surface area contributed by atoms with Gasteiger partial charge in [-0.15, -0.1) is 0 Å². The van der Waals surface area contributed by atoms with Crippen molar-refractivity contribution in [1.82, 2.24) is 19.6 Å². The SMILES string of the molecule is Cc1nn(C)cc1CN(C)CC1(O)CCCN(Cc2ccc(F)cc2)C1=O. The Morgan fingerprint density at radius 3 is 2.67 bits per heavy atom. The highest BCUT2D eigenvalue weighted by Gasteiger charge is 2.42. The molecule has 1 aromatic carbocycles. The molecule has 3 rings (SSSR count). The van der Waals surface area contributed by atoms with Gasteiger partial charge in [0, 0.05) is 45.0 Å². The van der Waals surface area contributed by atoms with Crippen LogP contribution in [0.1, 0.15) is 29.7 Å². The first kappa shape index (κ1) is 19.5. The molecule has 1 fully saturated rings. The molecule has 1 atom stereocenters. The third-order valence-corrected chi connectivity index (χ3v) is 5.08. The molecule has 27 heavy (non-hydrogen) atoms. The molecule has 0 saturated carbocycles. The van der Waals surface area contributed by atoms with Gasteiger partial charge in [-0.3, -0.25) is 14.4 Å². The van der Waals surface area contributed by atoms with Gasteiger partial charge < -0.3 is 10.0 Å². The van der Waals surface area contributed by atoms with E-state index in [1.165, 1.54) is 12.1 Å². The quantitative estimate of drug-likeness (QED) is 0.838. The molecule has 1 aliphatic rings. The summed E-state index contributed by atoms with van der Waals surface area (Å²) in [5, 5.41) is 15.4. The predicted molar refractivity (Wildman–Crippen MR) is 100 cm³/mol. The van der Waals surface area contributed by atoms with E-state index in [0.717, 1.165) is 23.2 Å². The Kier molecular flexibility index (Phi) is 5.62. The van der Waals surface area contributed by atoms with Gasteiger partial charge in [-0.2, -0.15) is 5.10 Å². The Bertz CT molecular complexity index is 805. The molecule has 146 valence electrons. The second-order valence-corrected chi connectivity index (χ2v) is 7.57. The molecular weight excluding hydrogens is 347 g/mol. The van der Waals surface area contributed by atoms with Gasteiger partial charge in [-0.25, -0.2) is 4.39 Å². The van der Waals surface area contributed by atoms with Crippen molar-refractivity contribution in [2.24, 2.45) is 7.05 Å². The van der Waals surface area contributed by atoms with Crippen LogP contribution in [-0.4, -0.2) is 56.3 Å². The van der Waals surface area contributed by atoms with E-state index in [9.17, 15) is 14.3 Å². The predicted octanol–water partition coefficient (Wildman–Crippen LogP) is 1.85. The topological polar surface area (TPSA) is 61.6 Å². The zero-order valence-corrected chi connectivity index (χ0v) is 16.2. The van der Waals surface area contributed by atoms with Gasteiger partial charge in [0.15, 0.2) is 5.60 Å². The summed E-state index contributed by atoms with van der Waals surface area (Å²) in [5.41, 5.74) is 1.48. The third kappa shape index (κ3) is 4.54. The maximum Gasteiger partial charge on any atom is 0.256 e. The van der Waals surface area contributed by atoms with Crippen molar-refractivity contribution in [2.75, 3.05) is 20.1 Å². The van der Waals surface area contributed by atoms with Gasteiger partial charge in [0.2, 0.25) is 0 Å². The average Bonchev–Trinajstić information content (AvgIpc) is 2.91. The molecule has 2 aromatic rings. The Morgan fingerprint density at radius 2 is 2.04 bits per heavy atom. The number of aromatic nitrogens is 2. The van der Waals surface area contributed by atoms with Crippen LogP contribution >= 0.6 is 0 Å². The monoisotopic (exact) mass is 374 g/mol. The van der Waals surface area contributed by atoms with Gasteiger partial charge >= 0.3 is 0 Å². The van der Waals surface area contributed by atoms with Crippen LogP contribution in [0.2, 0.25) is 0 Å². The number of carbonyl (C=O) groups is 1. The molecule has 2 heterocycles. The van der Waals surface area contributed by atoms with Crippen LogP contribution in [0.25, 0.3) is 0 Å². The van der Waals surface area contributed by atoms with Gasteiger partial charge in [0.1, 0.15) is 5.82 Å². The average molecular weight is 374 g/mol. The van der Waals surface area contributed by atoms with Crippen molar-refractivity contribution in [3.63, 3.8) is 0 Å². The van der Waals surface area contributed by atoms with Crippen molar-refractivity contribution >= 4 is 5.91 Å². The van der Waals surface area contributed by atoms with E-state index in [1.54, 1.807) is 21.7 Å². The van der Waals surface area contributed by atoms with E-state index < -0.39 is 5.60 Å². The molecule has 1 saturated heterocycles. The zero-order valence-electron chi connectivity index (χ0n) is 16.2. The van der Waals surface area contributed by atoms with Crippen LogP contribution in [0.15, 0.2) is 30.5 Å². The third-order valence-electron chi connectivity index (χ3n) is 5.08. The fourth-order valence-corrected chi connectivity index (χ4v) is 3.77. The summed E-state index contributed by atoms with van der Waals surface area (Å²) in [6.07, 6.45) is 3.14. The Hall–Kier alpha value is -2.25. The van der Waals surface area contributed by atoms with E-state index in [0.29, 0.717) is 26.1 Å². The molecule has 0 spiro atoms. The van der Waals surface area contributed by atoms with Crippen molar-refractivity contribution in [3.05, 3.63) is 53.1 Å². The standard InChI is InChI=1S/C20H27FN4O2/c1-15-17(13-24(3)22-15)12-23(2)14-20(27)9-4-10-25(19(20)26)11-16-5-7-18(21)8-6-16/h5-8,13,27H,4,9-12,14H2,1-3H3. The summed E-state index contributed by atoms with van der Waals surface area (Å²) >= 11 is 0. The molecule has 7 heteroatoms. The molecule has 0 radical (unpaired) electrons. The Balaban J connectivity index is 1.65. The van der Waals surface area contributed by atoms with Gasteiger partial charge in [0.05, 0.1) is 5.69 Å². The first-order chi connectivity index (χ1) is 12.8. The van der Waals surface area contributed by atoms with Crippen LogP contribution in [0.5, 0.6) is 0 Å². The molecular formula is C20H27FN4O2. The largest absolute Gasteiger partial charge is 0.379 e. The minimum Gasteiger partial charge on any atom is -0.379 e. The van der Waals surface area contributed by atoms with Crippen LogP contribution < -0.4 is 0 Å². The van der Waals surface area contributed by atoms with Crippen molar-refractivity contribution in [1.29, 1.82) is 0 Å². The van der Waals surface area contributed by atoms with E-state index in [1.807, 2.05) is 32.1 Å². The number of aliphatic hydroxyl groups is 1. The van der Waals surface area contributed by atoms with Crippen molar-refractivity contribution in [2.45, 2.75) is 38.5 Å². The number of benzene rings is 1. The van der Waals surface area contributed by atoms with Gasteiger partial charge in [0.25, 0.3) is 5.91 Å². The number of nitrogens with zero attached hydrogens (tertiary/aromatic N) is 4. The van der Waals surface area contributed by atoms with Crippen LogP contribution in [0, 0.1) is 12.7 Å². The fourth-order valence-electron chi connectivity index (χ4n) is 3.77. The van der Waals surface area contributed by atoms with E-state index >= 15 is 0 Å². The number of hydrogen-bond donors (Lipinski definition) is 1. The van der Waals surface area contributed by atoms with Crippen molar-refractivity contribution in [3.8, 4) is 0 Å². The fraction of sp³-hybridized carbons (Fsp3) is 0.500. The second kappa shape index (κ2) is 7.78. The maximum absolute atomic E-state index is 13.1. The first-order valence-electron chi connectivity index (χ1n) is 9.21. The van der Waals surface area contributed by atoms with E-state index in [2.05, 4.69) is 5.10 Å². The molecule has 1 N–H and O–H groups in total. The summed E-state index contributed by atoms with van der Waals surface area (Å²) in [6, 6.07) is 6.13. The number of likely N-dealkylation sites (N-methyl/N-ethyl adjacent to an activating group) is 1.